The maximum absolute atomic E-state index is 6.04. The first kappa shape index (κ1) is 14.0. The van der Waals surface area contributed by atoms with Crippen molar-refractivity contribution in [2.24, 2.45) is 0 Å². The summed E-state index contributed by atoms with van der Waals surface area (Å²) in [5.41, 5.74) is 6.25. The van der Waals surface area contributed by atoms with Gasteiger partial charge in [0.25, 0.3) is 0 Å². The van der Waals surface area contributed by atoms with Crippen LogP contribution >= 0.6 is 11.6 Å². The van der Waals surface area contributed by atoms with Crippen molar-refractivity contribution in [2.75, 3.05) is 25.4 Å². The number of hydrogen-bond donors (Lipinski definition) is 1. The Balaban J connectivity index is 2.01. The van der Waals surface area contributed by atoms with Gasteiger partial charge < -0.3 is 15.2 Å². The smallest absolute Gasteiger partial charge is 0.145 e. The highest BCUT2D eigenvalue weighted by Gasteiger charge is 2.18. The molecule has 1 aromatic carbocycles. The molecule has 1 heterocycles. The van der Waals surface area contributed by atoms with E-state index in [1.165, 1.54) is 0 Å². The summed E-state index contributed by atoms with van der Waals surface area (Å²) in [6.45, 7) is 6.71. The molecule has 1 saturated heterocycles. The molecule has 1 aliphatic heterocycles. The highest BCUT2D eigenvalue weighted by atomic mass is 35.5. The van der Waals surface area contributed by atoms with E-state index in [1.54, 1.807) is 24.5 Å². The fraction of sp³-hybridized carbons (Fsp3) is 0.429. The van der Waals surface area contributed by atoms with E-state index in [1.807, 2.05) is 0 Å². The number of benzene rings is 1. The number of rotatable bonds is 3. The van der Waals surface area contributed by atoms with E-state index in [-0.39, 0.29) is 0 Å². The summed E-state index contributed by atoms with van der Waals surface area (Å²) >= 11 is 6.04. The Morgan fingerprint density at radius 3 is 2.95 bits per heavy atom. The van der Waals surface area contributed by atoms with Gasteiger partial charge in [-0.1, -0.05) is 11.6 Å². The van der Waals surface area contributed by atoms with Gasteiger partial charge in [-0.3, -0.25) is 4.90 Å². The number of nitrogen functional groups attached to an aromatic ring is 1. The predicted molar refractivity (Wildman–Crippen MR) is 77.2 cm³/mol. The first-order valence-electron chi connectivity index (χ1n) is 6.34. The first-order valence-corrected chi connectivity index (χ1v) is 6.71. The third kappa shape index (κ3) is 3.78. The topological polar surface area (TPSA) is 47.7 Å². The van der Waals surface area contributed by atoms with Crippen LogP contribution in [-0.2, 0) is 4.74 Å². The summed E-state index contributed by atoms with van der Waals surface area (Å²) in [6.07, 6.45) is 1.62. The van der Waals surface area contributed by atoms with E-state index >= 15 is 0 Å². The predicted octanol–water partition coefficient (Wildman–Crippen LogP) is 2.88. The number of ether oxygens (including phenoxy) is 2. The van der Waals surface area contributed by atoms with Crippen molar-refractivity contribution in [1.82, 2.24) is 4.90 Å². The molecule has 1 fully saturated rings. The fourth-order valence-corrected chi connectivity index (χ4v) is 2.11. The van der Waals surface area contributed by atoms with E-state index in [4.69, 9.17) is 26.8 Å². The summed E-state index contributed by atoms with van der Waals surface area (Å²) in [4.78, 5) is 2.32. The van der Waals surface area contributed by atoms with Crippen LogP contribution in [-0.4, -0.2) is 30.6 Å². The van der Waals surface area contributed by atoms with E-state index in [2.05, 4.69) is 18.7 Å². The SMILES string of the molecule is CC(C)N1CCOC(=COc2ccc(N)cc2Cl)C1. The lowest BCUT2D eigenvalue weighted by molar-refractivity contribution is 0.0710. The van der Waals surface area contributed by atoms with Crippen LogP contribution in [0.1, 0.15) is 13.8 Å². The van der Waals surface area contributed by atoms with Gasteiger partial charge in [0.1, 0.15) is 24.4 Å². The summed E-state index contributed by atoms with van der Waals surface area (Å²) in [6, 6.07) is 5.66. The molecule has 0 spiro atoms. The Morgan fingerprint density at radius 2 is 2.26 bits per heavy atom. The molecule has 1 aliphatic rings. The maximum atomic E-state index is 6.04. The van der Waals surface area contributed by atoms with E-state index < -0.39 is 0 Å². The molecule has 1 aromatic rings. The summed E-state index contributed by atoms with van der Waals surface area (Å²) in [5, 5.41) is 0.494. The van der Waals surface area contributed by atoms with E-state index in [0.717, 1.165) is 18.8 Å². The molecular formula is C14H19ClN2O2. The Hall–Kier alpha value is -1.39. The highest BCUT2D eigenvalue weighted by molar-refractivity contribution is 6.32. The van der Waals surface area contributed by atoms with Gasteiger partial charge in [0.05, 0.1) is 11.6 Å². The second kappa shape index (κ2) is 6.17. The molecule has 2 rings (SSSR count). The van der Waals surface area contributed by atoms with Crippen LogP contribution in [0.25, 0.3) is 0 Å². The normalized spacial score (nSPS) is 18.6. The minimum atomic E-state index is 0.493. The number of anilines is 1. The molecule has 19 heavy (non-hydrogen) atoms. The van der Waals surface area contributed by atoms with Crippen LogP contribution in [0.3, 0.4) is 0 Å². The number of nitrogens with zero attached hydrogens (tertiary/aromatic N) is 1. The van der Waals surface area contributed by atoms with E-state index in [0.29, 0.717) is 29.1 Å². The van der Waals surface area contributed by atoms with Crippen molar-refractivity contribution in [3.05, 3.63) is 35.2 Å². The summed E-state index contributed by atoms with van der Waals surface area (Å²) < 4.78 is 11.1. The van der Waals surface area contributed by atoms with Gasteiger partial charge in [-0.05, 0) is 32.0 Å². The molecule has 4 nitrogen and oxygen atoms in total. The van der Waals surface area contributed by atoms with Crippen molar-refractivity contribution in [2.45, 2.75) is 19.9 Å². The Bertz CT molecular complexity index is 475. The van der Waals surface area contributed by atoms with Crippen LogP contribution < -0.4 is 10.5 Å². The summed E-state index contributed by atoms with van der Waals surface area (Å²) in [5.74, 6) is 1.39. The average Bonchev–Trinajstić information content (AvgIpc) is 2.38. The van der Waals surface area contributed by atoms with E-state index in [9.17, 15) is 0 Å². The van der Waals surface area contributed by atoms with Gasteiger partial charge in [-0.2, -0.15) is 0 Å². The Kier molecular flexibility index (Phi) is 4.56. The second-order valence-electron chi connectivity index (χ2n) is 4.80. The van der Waals surface area contributed by atoms with Crippen molar-refractivity contribution >= 4 is 17.3 Å². The van der Waals surface area contributed by atoms with Crippen LogP contribution in [0.15, 0.2) is 30.2 Å². The van der Waals surface area contributed by atoms with Gasteiger partial charge in [0.15, 0.2) is 0 Å². The number of nitrogens with two attached hydrogens (primary N) is 1. The lowest BCUT2D eigenvalue weighted by Crippen LogP contribution is -2.39. The molecule has 0 saturated carbocycles. The Labute approximate surface area is 118 Å². The zero-order valence-corrected chi connectivity index (χ0v) is 12.0. The van der Waals surface area contributed by atoms with Gasteiger partial charge in [-0.15, -0.1) is 0 Å². The number of hydrogen-bond acceptors (Lipinski definition) is 4. The molecule has 0 aliphatic carbocycles. The third-order valence-electron chi connectivity index (χ3n) is 3.03. The summed E-state index contributed by atoms with van der Waals surface area (Å²) in [7, 11) is 0. The molecule has 104 valence electrons. The van der Waals surface area contributed by atoms with Crippen molar-refractivity contribution in [1.29, 1.82) is 0 Å². The maximum Gasteiger partial charge on any atom is 0.145 e. The molecule has 5 heteroatoms. The van der Waals surface area contributed by atoms with Crippen LogP contribution in [0, 0.1) is 0 Å². The Morgan fingerprint density at radius 1 is 1.47 bits per heavy atom. The van der Waals surface area contributed by atoms with Gasteiger partial charge in [0.2, 0.25) is 0 Å². The minimum Gasteiger partial charge on any atom is -0.492 e. The highest BCUT2D eigenvalue weighted by Crippen LogP contribution is 2.27. The zero-order chi connectivity index (χ0) is 13.8. The molecule has 0 radical (unpaired) electrons. The minimum absolute atomic E-state index is 0.493. The molecule has 0 aromatic heterocycles. The molecular weight excluding hydrogens is 264 g/mol. The molecule has 0 atom stereocenters. The molecule has 0 amide bonds. The second-order valence-corrected chi connectivity index (χ2v) is 5.21. The van der Waals surface area contributed by atoms with Crippen molar-refractivity contribution < 1.29 is 9.47 Å². The van der Waals surface area contributed by atoms with Gasteiger partial charge in [0, 0.05) is 18.3 Å². The largest absolute Gasteiger partial charge is 0.492 e. The molecule has 0 bridgehead atoms. The third-order valence-corrected chi connectivity index (χ3v) is 3.32. The monoisotopic (exact) mass is 282 g/mol. The van der Waals surface area contributed by atoms with Gasteiger partial charge in [-0.25, -0.2) is 0 Å². The van der Waals surface area contributed by atoms with Crippen molar-refractivity contribution in [3.63, 3.8) is 0 Å². The van der Waals surface area contributed by atoms with Gasteiger partial charge >= 0.3 is 0 Å². The van der Waals surface area contributed by atoms with Crippen molar-refractivity contribution in [3.8, 4) is 5.75 Å². The first-order chi connectivity index (χ1) is 9.06. The quantitative estimate of drug-likeness (QED) is 0.684. The number of halogens is 1. The lowest BCUT2D eigenvalue weighted by Gasteiger charge is -2.31. The fourth-order valence-electron chi connectivity index (χ4n) is 1.87. The van der Waals surface area contributed by atoms with Crippen LogP contribution in [0.4, 0.5) is 5.69 Å². The molecule has 0 unspecified atom stereocenters. The molecule has 2 N–H and O–H groups in total. The lowest BCUT2D eigenvalue weighted by atomic mass is 10.3. The zero-order valence-electron chi connectivity index (χ0n) is 11.2. The van der Waals surface area contributed by atoms with Crippen LogP contribution in [0.2, 0.25) is 5.02 Å². The number of morpholine rings is 1. The average molecular weight is 283 g/mol. The van der Waals surface area contributed by atoms with Crippen LogP contribution in [0.5, 0.6) is 5.75 Å². The standard InChI is InChI=1S/C14H19ClN2O2/c1-10(2)17-5-6-18-12(8-17)9-19-14-4-3-11(16)7-13(14)15/h3-4,7,9-10H,5-6,8,16H2,1-2H3.